The van der Waals surface area contributed by atoms with Gasteiger partial charge in [0, 0.05) is 6.26 Å². The molecule has 1 rings (SSSR count). The average Bonchev–Trinajstić information content (AvgIpc) is 2.05. The molecule has 0 N–H and O–H groups in total. The first-order valence-electron chi connectivity index (χ1n) is 3.28. The Morgan fingerprint density at radius 2 is 2.08 bits per heavy atom. The zero-order valence-electron chi connectivity index (χ0n) is 6.52. The fourth-order valence-electron chi connectivity index (χ4n) is 0.837. The maximum Gasteiger partial charge on any atom is 0.298 e. The first kappa shape index (κ1) is 8.93. The molecule has 0 aliphatic heterocycles. The first-order valence-corrected chi connectivity index (χ1v) is 4.84. The van der Waals surface area contributed by atoms with Crippen LogP contribution in [0, 0.1) is 0 Å². The molecule has 1 aromatic rings. The molecule has 0 amide bonds. The van der Waals surface area contributed by atoms with Gasteiger partial charge in [-0.25, -0.2) is 0 Å². The standard InChI is InChI=1S/C8H8O3S/c1-12(10)8-5-3-2-4-7(8)11-6-9/h2-6H,1H3. The number of hydrogen-bond acceptors (Lipinski definition) is 3. The fraction of sp³-hybridized carbons (Fsp3) is 0.125. The molecule has 0 aliphatic carbocycles. The molecule has 0 spiro atoms. The van der Waals surface area contributed by atoms with E-state index in [1.54, 1.807) is 24.3 Å². The molecule has 0 fully saturated rings. The second-order valence-corrected chi connectivity index (χ2v) is 3.46. The van der Waals surface area contributed by atoms with E-state index in [1.165, 1.54) is 6.26 Å². The minimum Gasteiger partial charge on any atom is -0.427 e. The Kier molecular flexibility index (Phi) is 2.99. The van der Waals surface area contributed by atoms with Gasteiger partial charge in [-0.2, -0.15) is 0 Å². The molecule has 4 heteroatoms. The van der Waals surface area contributed by atoms with Crippen LogP contribution in [0.3, 0.4) is 0 Å². The van der Waals surface area contributed by atoms with E-state index >= 15 is 0 Å². The van der Waals surface area contributed by atoms with Gasteiger partial charge in [-0.3, -0.25) is 9.00 Å². The number of carbonyl (C=O) groups excluding carboxylic acids is 1. The summed E-state index contributed by atoms with van der Waals surface area (Å²) >= 11 is 0. The molecule has 0 aromatic heterocycles. The zero-order valence-corrected chi connectivity index (χ0v) is 7.34. The number of benzene rings is 1. The van der Waals surface area contributed by atoms with Gasteiger partial charge in [0.2, 0.25) is 0 Å². The van der Waals surface area contributed by atoms with Gasteiger partial charge in [0.1, 0.15) is 5.75 Å². The largest absolute Gasteiger partial charge is 0.427 e. The predicted octanol–water partition coefficient (Wildman–Crippen LogP) is 0.959. The number of para-hydroxylation sites is 1. The van der Waals surface area contributed by atoms with E-state index in [9.17, 15) is 9.00 Å². The lowest BCUT2D eigenvalue weighted by Gasteiger charge is -2.02. The Bertz CT molecular complexity index is 309. The van der Waals surface area contributed by atoms with Gasteiger partial charge in [-0.15, -0.1) is 0 Å². The van der Waals surface area contributed by atoms with Crippen LogP contribution < -0.4 is 4.74 Å². The van der Waals surface area contributed by atoms with E-state index in [1.807, 2.05) is 0 Å². The maximum atomic E-state index is 11.1. The summed E-state index contributed by atoms with van der Waals surface area (Å²) < 4.78 is 15.7. The van der Waals surface area contributed by atoms with Crippen molar-refractivity contribution in [1.29, 1.82) is 0 Å². The second kappa shape index (κ2) is 4.01. The van der Waals surface area contributed by atoms with Gasteiger partial charge in [0.05, 0.1) is 15.7 Å². The van der Waals surface area contributed by atoms with E-state index in [4.69, 9.17) is 0 Å². The lowest BCUT2D eigenvalue weighted by atomic mass is 10.3. The van der Waals surface area contributed by atoms with Gasteiger partial charge in [0.15, 0.2) is 0 Å². The van der Waals surface area contributed by atoms with Crippen LogP contribution >= 0.6 is 0 Å². The van der Waals surface area contributed by atoms with Gasteiger partial charge in [-0.1, -0.05) is 12.1 Å². The van der Waals surface area contributed by atoms with E-state index in [0.29, 0.717) is 17.1 Å². The molecule has 3 nitrogen and oxygen atoms in total. The minimum atomic E-state index is -1.13. The number of rotatable bonds is 3. The van der Waals surface area contributed by atoms with Crippen molar-refractivity contribution >= 4 is 17.3 Å². The van der Waals surface area contributed by atoms with E-state index in [2.05, 4.69) is 4.74 Å². The van der Waals surface area contributed by atoms with E-state index in [0.717, 1.165) is 0 Å². The van der Waals surface area contributed by atoms with Crippen LogP contribution in [0.5, 0.6) is 5.75 Å². The average molecular weight is 184 g/mol. The lowest BCUT2D eigenvalue weighted by molar-refractivity contribution is -0.120. The van der Waals surface area contributed by atoms with Crippen LogP contribution in [0.25, 0.3) is 0 Å². The smallest absolute Gasteiger partial charge is 0.298 e. The van der Waals surface area contributed by atoms with Crippen molar-refractivity contribution in [2.45, 2.75) is 4.90 Å². The van der Waals surface area contributed by atoms with Crippen molar-refractivity contribution in [1.82, 2.24) is 0 Å². The molecule has 1 aromatic carbocycles. The third kappa shape index (κ3) is 1.92. The molecule has 0 aliphatic rings. The molecule has 0 bridgehead atoms. The molecular weight excluding hydrogens is 176 g/mol. The molecule has 12 heavy (non-hydrogen) atoms. The molecule has 0 radical (unpaired) electrons. The van der Waals surface area contributed by atoms with E-state index < -0.39 is 10.8 Å². The van der Waals surface area contributed by atoms with Crippen molar-refractivity contribution in [2.75, 3.05) is 6.26 Å². The summed E-state index contributed by atoms with van der Waals surface area (Å²) in [6.07, 6.45) is 1.53. The highest BCUT2D eigenvalue weighted by Crippen LogP contribution is 2.19. The normalized spacial score (nSPS) is 12.1. The topological polar surface area (TPSA) is 43.4 Å². The Morgan fingerprint density at radius 3 is 2.67 bits per heavy atom. The van der Waals surface area contributed by atoms with Crippen molar-refractivity contribution < 1.29 is 13.7 Å². The highest BCUT2D eigenvalue weighted by atomic mass is 32.2. The summed E-state index contributed by atoms with van der Waals surface area (Å²) in [6, 6.07) is 6.73. The molecule has 1 unspecified atom stereocenters. The molecular formula is C8H8O3S. The van der Waals surface area contributed by atoms with Crippen molar-refractivity contribution in [3.8, 4) is 5.75 Å². The summed E-state index contributed by atoms with van der Waals surface area (Å²) in [6.45, 7) is 0.325. The summed E-state index contributed by atoms with van der Waals surface area (Å²) in [5.74, 6) is 0.355. The third-order valence-corrected chi connectivity index (χ3v) is 2.29. The van der Waals surface area contributed by atoms with Crippen LogP contribution in [0.2, 0.25) is 0 Å². The highest BCUT2D eigenvalue weighted by Gasteiger charge is 2.04. The highest BCUT2D eigenvalue weighted by molar-refractivity contribution is 7.84. The number of ether oxygens (including phenoxy) is 1. The Balaban J connectivity index is 3.07. The van der Waals surface area contributed by atoms with Crippen LogP contribution in [-0.2, 0) is 15.6 Å². The third-order valence-electron chi connectivity index (χ3n) is 1.33. The second-order valence-electron chi connectivity index (χ2n) is 2.11. The summed E-state index contributed by atoms with van der Waals surface area (Å²) in [7, 11) is -1.13. The van der Waals surface area contributed by atoms with Gasteiger partial charge < -0.3 is 4.74 Å². The summed E-state index contributed by atoms with van der Waals surface area (Å²) in [5, 5.41) is 0. The Morgan fingerprint density at radius 1 is 1.42 bits per heavy atom. The molecule has 0 saturated carbocycles. The summed E-state index contributed by atoms with van der Waals surface area (Å²) in [4.78, 5) is 10.6. The Labute approximate surface area is 72.8 Å². The predicted molar refractivity (Wildman–Crippen MR) is 45.5 cm³/mol. The quantitative estimate of drug-likeness (QED) is 0.657. The number of hydrogen-bond donors (Lipinski definition) is 0. The summed E-state index contributed by atoms with van der Waals surface area (Å²) in [5.41, 5.74) is 0. The van der Waals surface area contributed by atoms with Crippen molar-refractivity contribution in [3.63, 3.8) is 0 Å². The SMILES string of the molecule is CS(=O)c1ccccc1OC=O. The molecule has 0 heterocycles. The monoisotopic (exact) mass is 184 g/mol. The fourth-order valence-corrected chi connectivity index (χ4v) is 1.51. The molecule has 1 atom stereocenters. The van der Waals surface area contributed by atoms with Gasteiger partial charge >= 0.3 is 0 Å². The molecule has 64 valence electrons. The van der Waals surface area contributed by atoms with Crippen molar-refractivity contribution in [3.05, 3.63) is 24.3 Å². The number of carbonyl (C=O) groups is 1. The molecule has 0 saturated heterocycles. The van der Waals surface area contributed by atoms with Crippen molar-refractivity contribution in [2.24, 2.45) is 0 Å². The Hall–Kier alpha value is -1.16. The van der Waals surface area contributed by atoms with Crippen LogP contribution in [0.4, 0.5) is 0 Å². The van der Waals surface area contributed by atoms with Gasteiger partial charge in [0.25, 0.3) is 6.47 Å². The first-order chi connectivity index (χ1) is 5.75. The van der Waals surface area contributed by atoms with Crippen LogP contribution in [-0.4, -0.2) is 16.9 Å². The maximum absolute atomic E-state index is 11.1. The van der Waals surface area contributed by atoms with Crippen LogP contribution in [0.1, 0.15) is 0 Å². The zero-order chi connectivity index (χ0) is 8.97. The van der Waals surface area contributed by atoms with Gasteiger partial charge in [-0.05, 0) is 12.1 Å². The minimum absolute atomic E-state index is 0.325. The lowest BCUT2D eigenvalue weighted by Crippen LogP contribution is -1.95. The van der Waals surface area contributed by atoms with E-state index in [-0.39, 0.29) is 0 Å². The van der Waals surface area contributed by atoms with Crippen LogP contribution in [0.15, 0.2) is 29.2 Å².